The standard InChI is InChI=1S/C16H17Cl2NOS/c1-10(9-19)13-8-12(21-2)4-6-16(13)20-11-3-5-14(17)15(18)7-11/h3-8,10H,9,19H2,1-2H3. The van der Waals surface area contributed by atoms with E-state index in [9.17, 15) is 0 Å². The van der Waals surface area contributed by atoms with E-state index in [1.807, 2.05) is 18.4 Å². The zero-order valence-corrected chi connectivity index (χ0v) is 14.2. The van der Waals surface area contributed by atoms with Gasteiger partial charge in [0.15, 0.2) is 0 Å². The van der Waals surface area contributed by atoms with E-state index < -0.39 is 0 Å². The molecular formula is C16H17Cl2NOS. The molecule has 2 N–H and O–H groups in total. The minimum atomic E-state index is 0.217. The fraction of sp³-hybridized carbons (Fsp3) is 0.250. The molecule has 21 heavy (non-hydrogen) atoms. The van der Waals surface area contributed by atoms with E-state index >= 15 is 0 Å². The van der Waals surface area contributed by atoms with Crippen LogP contribution in [0.4, 0.5) is 0 Å². The van der Waals surface area contributed by atoms with Crippen molar-refractivity contribution in [2.75, 3.05) is 12.8 Å². The lowest BCUT2D eigenvalue weighted by atomic mass is 10.0. The average molecular weight is 342 g/mol. The van der Waals surface area contributed by atoms with Crippen molar-refractivity contribution in [2.24, 2.45) is 5.73 Å². The van der Waals surface area contributed by atoms with Crippen LogP contribution in [0.3, 0.4) is 0 Å². The maximum Gasteiger partial charge on any atom is 0.131 e. The fourth-order valence-corrected chi connectivity index (χ4v) is 2.66. The van der Waals surface area contributed by atoms with Crippen molar-refractivity contribution in [2.45, 2.75) is 17.7 Å². The SMILES string of the molecule is CSc1ccc(Oc2ccc(Cl)c(Cl)c2)c(C(C)CN)c1. The molecular weight excluding hydrogens is 325 g/mol. The Morgan fingerprint density at radius 3 is 2.52 bits per heavy atom. The minimum Gasteiger partial charge on any atom is -0.457 e. The molecule has 0 aromatic heterocycles. The van der Waals surface area contributed by atoms with Gasteiger partial charge in [-0.3, -0.25) is 0 Å². The molecule has 0 aliphatic carbocycles. The summed E-state index contributed by atoms with van der Waals surface area (Å²) in [7, 11) is 0. The van der Waals surface area contributed by atoms with Crippen LogP contribution in [0.15, 0.2) is 41.3 Å². The van der Waals surface area contributed by atoms with Crippen LogP contribution in [0.1, 0.15) is 18.4 Å². The van der Waals surface area contributed by atoms with Crippen LogP contribution < -0.4 is 10.5 Å². The minimum absolute atomic E-state index is 0.217. The Labute approximate surface area is 139 Å². The molecule has 0 amide bonds. The normalized spacial score (nSPS) is 12.2. The highest BCUT2D eigenvalue weighted by Gasteiger charge is 2.13. The first-order chi connectivity index (χ1) is 10.0. The Kier molecular flexibility index (Phi) is 5.82. The Bertz CT molecular complexity index is 634. The molecule has 0 fully saturated rings. The van der Waals surface area contributed by atoms with Gasteiger partial charge < -0.3 is 10.5 Å². The summed E-state index contributed by atoms with van der Waals surface area (Å²) in [6, 6.07) is 11.4. The predicted octanol–water partition coefficient (Wildman–Crippen LogP) is 5.57. The van der Waals surface area contributed by atoms with Gasteiger partial charge in [0, 0.05) is 11.0 Å². The number of hydrogen-bond donors (Lipinski definition) is 1. The largest absolute Gasteiger partial charge is 0.457 e. The number of rotatable bonds is 5. The van der Waals surface area contributed by atoms with Gasteiger partial charge in [0.1, 0.15) is 11.5 Å². The lowest BCUT2D eigenvalue weighted by Gasteiger charge is -2.17. The molecule has 0 aliphatic heterocycles. The summed E-state index contributed by atoms with van der Waals surface area (Å²) in [6.45, 7) is 2.65. The van der Waals surface area contributed by atoms with Gasteiger partial charge in [0.2, 0.25) is 0 Å². The Morgan fingerprint density at radius 2 is 1.90 bits per heavy atom. The zero-order chi connectivity index (χ0) is 15.4. The van der Waals surface area contributed by atoms with Gasteiger partial charge in [-0.15, -0.1) is 11.8 Å². The molecule has 0 spiro atoms. The van der Waals surface area contributed by atoms with Gasteiger partial charge in [-0.1, -0.05) is 30.1 Å². The molecule has 112 valence electrons. The molecule has 1 unspecified atom stereocenters. The van der Waals surface area contributed by atoms with Crippen LogP contribution in [0, 0.1) is 0 Å². The first kappa shape index (κ1) is 16.5. The second kappa shape index (κ2) is 7.41. The number of thioether (sulfide) groups is 1. The van der Waals surface area contributed by atoms with Gasteiger partial charge in [-0.25, -0.2) is 0 Å². The number of halogens is 2. The molecule has 0 aliphatic rings. The van der Waals surface area contributed by atoms with Crippen molar-refractivity contribution >= 4 is 35.0 Å². The molecule has 5 heteroatoms. The summed E-state index contributed by atoms with van der Waals surface area (Å²) in [6.07, 6.45) is 2.05. The monoisotopic (exact) mass is 341 g/mol. The highest BCUT2D eigenvalue weighted by molar-refractivity contribution is 7.98. The summed E-state index contributed by atoms with van der Waals surface area (Å²) in [5.74, 6) is 1.67. The molecule has 0 bridgehead atoms. The van der Waals surface area contributed by atoms with Gasteiger partial charge in [-0.2, -0.15) is 0 Å². The lowest BCUT2D eigenvalue weighted by Crippen LogP contribution is -2.10. The smallest absolute Gasteiger partial charge is 0.131 e. The summed E-state index contributed by atoms with van der Waals surface area (Å²) < 4.78 is 5.96. The average Bonchev–Trinajstić information content (AvgIpc) is 2.50. The number of hydrogen-bond acceptors (Lipinski definition) is 3. The highest BCUT2D eigenvalue weighted by atomic mass is 35.5. The van der Waals surface area contributed by atoms with Crippen molar-refractivity contribution in [3.63, 3.8) is 0 Å². The molecule has 0 radical (unpaired) electrons. The molecule has 2 aromatic rings. The molecule has 2 nitrogen and oxygen atoms in total. The topological polar surface area (TPSA) is 35.2 Å². The van der Waals surface area contributed by atoms with E-state index in [4.69, 9.17) is 33.7 Å². The maximum absolute atomic E-state index is 6.02. The van der Waals surface area contributed by atoms with Gasteiger partial charge in [-0.05, 0) is 54.6 Å². The van der Waals surface area contributed by atoms with Crippen molar-refractivity contribution < 1.29 is 4.74 Å². The van der Waals surface area contributed by atoms with E-state index in [1.165, 1.54) is 4.90 Å². The summed E-state index contributed by atoms with van der Waals surface area (Å²) in [4.78, 5) is 1.19. The van der Waals surface area contributed by atoms with Crippen LogP contribution in [-0.2, 0) is 0 Å². The third kappa shape index (κ3) is 4.07. The van der Waals surface area contributed by atoms with Gasteiger partial charge >= 0.3 is 0 Å². The van der Waals surface area contributed by atoms with Crippen LogP contribution in [0.25, 0.3) is 0 Å². The van der Waals surface area contributed by atoms with E-state index in [2.05, 4.69) is 13.0 Å². The summed E-state index contributed by atoms with van der Waals surface area (Å²) in [5.41, 5.74) is 6.89. The third-order valence-electron chi connectivity index (χ3n) is 3.22. The van der Waals surface area contributed by atoms with Crippen LogP contribution in [-0.4, -0.2) is 12.8 Å². The Morgan fingerprint density at radius 1 is 1.14 bits per heavy atom. The van der Waals surface area contributed by atoms with Gasteiger partial charge in [0.25, 0.3) is 0 Å². The molecule has 2 rings (SSSR count). The first-order valence-corrected chi connectivity index (χ1v) is 8.54. The number of benzene rings is 2. The highest BCUT2D eigenvalue weighted by Crippen LogP contribution is 2.35. The van der Waals surface area contributed by atoms with Crippen molar-refractivity contribution in [1.29, 1.82) is 0 Å². The second-order valence-corrected chi connectivity index (χ2v) is 6.41. The van der Waals surface area contributed by atoms with Crippen LogP contribution in [0.5, 0.6) is 11.5 Å². The maximum atomic E-state index is 6.02. The van der Waals surface area contributed by atoms with E-state index in [1.54, 1.807) is 30.0 Å². The quantitative estimate of drug-likeness (QED) is 0.722. The molecule has 2 aromatic carbocycles. The molecule has 0 saturated heterocycles. The van der Waals surface area contributed by atoms with Crippen molar-refractivity contribution in [1.82, 2.24) is 0 Å². The molecule has 0 heterocycles. The van der Waals surface area contributed by atoms with E-state index in [0.717, 1.165) is 11.3 Å². The number of nitrogens with two attached hydrogens (primary N) is 1. The predicted molar refractivity (Wildman–Crippen MR) is 92.2 cm³/mol. The van der Waals surface area contributed by atoms with E-state index in [-0.39, 0.29) is 5.92 Å². The van der Waals surface area contributed by atoms with E-state index in [0.29, 0.717) is 22.3 Å². The second-order valence-electron chi connectivity index (χ2n) is 4.72. The van der Waals surface area contributed by atoms with Gasteiger partial charge in [0.05, 0.1) is 10.0 Å². The van der Waals surface area contributed by atoms with Crippen LogP contribution >= 0.6 is 35.0 Å². The zero-order valence-electron chi connectivity index (χ0n) is 11.9. The number of ether oxygens (including phenoxy) is 1. The summed E-state index contributed by atoms with van der Waals surface area (Å²) in [5, 5.41) is 0.987. The fourth-order valence-electron chi connectivity index (χ4n) is 1.93. The van der Waals surface area contributed by atoms with Crippen molar-refractivity contribution in [3.05, 3.63) is 52.0 Å². The lowest BCUT2D eigenvalue weighted by molar-refractivity contribution is 0.471. The Hall–Kier alpha value is -0.870. The Balaban J connectivity index is 2.36. The van der Waals surface area contributed by atoms with Crippen LogP contribution in [0.2, 0.25) is 10.0 Å². The first-order valence-electron chi connectivity index (χ1n) is 6.56. The third-order valence-corrected chi connectivity index (χ3v) is 4.68. The molecule has 0 saturated carbocycles. The summed E-state index contributed by atoms with van der Waals surface area (Å²) >= 11 is 13.6. The molecule has 1 atom stereocenters. The van der Waals surface area contributed by atoms with Crippen molar-refractivity contribution in [3.8, 4) is 11.5 Å².